The lowest BCUT2D eigenvalue weighted by Crippen LogP contribution is -2.23. The van der Waals surface area contributed by atoms with Gasteiger partial charge in [-0.05, 0) is 6.07 Å². The number of nitrogens with zero attached hydrogens (tertiary/aromatic N) is 3. The fourth-order valence-corrected chi connectivity index (χ4v) is 2.70. The molecule has 9 heteroatoms. The number of hydrogen-bond donors (Lipinski definition) is 2. The fraction of sp³-hybridized carbons (Fsp3) is 0. The average molecular weight is 290 g/mol. The van der Waals surface area contributed by atoms with Crippen LogP contribution in [0.25, 0.3) is 5.57 Å². The Morgan fingerprint density at radius 2 is 2.15 bits per heavy atom. The van der Waals surface area contributed by atoms with Gasteiger partial charge in [0, 0.05) is 17.4 Å². The van der Waals surface area contributed by atoms with Crippen molar-refractivity contribution in [3.8, 4) is 5.88 Å². The topological polar surface area (TPSA) is 132 Å². The maximum absolute atomic E-state index is 11.9. The van der Waals surface area contributed by atoms with E-state index in [1.807, 2.05) is 0 Å². The molecule has 1 aliphatic heterocycles. The third kappa shape index (κ3) is 1.72. The van der Waals surface area contributed by atoms with Gasteiger partial charge in [0.2, 0.25) is 5.88 Å². The van der Waals surface area contributed by atoms with E-state index in [-0.39, 0.29) is 27.1 Å². The molecule has 1 aliphatic rings. The summed E-state index contributed by atoms with van der Waals surface area (Å²) in [6, 6.07) is 3.90. The molecular weight excluding hydrogens is 284 g/mol. The number of thiazole rings is 1. The van der Waals surface area contributed by atoms with E-state index in [0.29, 0.717) is 10.6 Å². The van der Waals surface area contributed by atoms with Crippen molar-refractivity contribution in [3.63, 3.8) is 0 Å². The maximum Gasteiger partial charge on any atom is 0.279 e. The number of benzene rings is 1. The molecule has 20 heavy (non-hydrogen) atoms. The first kappa shape index (κ1) is 12.2. The number of carbonyl (C=O) groups is 1. The lowest BCUT2D eigenvalue weighted by atomic mass is 10.1. The van der Waals surface area contributed by atoms with Gasteiger partial charge in [-0.15, -0.1) is 0 Å². The van der Waals surface area contributed by atoms with Gasteiger partial charge >= 0.3 is 0 Å². The lowest BCUT2D eigenvalue weighted by Gasteiger charge is -1.95. The van der Waals surface area contributed by atoms with Crippen LogP contribution in [0.15, 0.2) is 23.2 Å². The summed E-state index contributed by atoms with van der Waals surface area (Å²) < 4.78 is 0. The molecule has 0 spiro atoms. The minimum absolute atomic E-state index is 0.0791. The Labute approximate surface area is 114 Å². The van der Waals surface area contributed by atoms with Crippen molar-refractivity contribution in [2.75, 3.05) is 5.73 Å². The lowest BCUT2D eigenvalue weighted by molar-refractivity contribution is -0.385. The Kier molecular flexibility index (Phi) is 2.51. The molecule has 8 nitrogen and oxygen atoms in total. The minimum Gasteiger partial charge on any atom is -0.492 e. The van der Waals surface area contributed by atoms with Gasteiger partial charge in [-0.3, -0.25) is 14.9 Å². The van der Waals surface area contributed by atoms with Crippen LogP contribution in [0.1, 0.15) is 4.88 Å². The molecule has 0 saturated heterocycles. The molecule has 0 unspecified atom stereocenters. The predicted octanol–water partition coefficient (Wildman–Crippen LogP) is -0.302. The maximum atomic E-state index is 11.9. The zero-order valence-electron chi connectivity index (χ0n) is 9.73. The van der Waals surface area contributed by atoms with Gasteiger partial charge in [-0.1, -0.05) is 11.3 Å². The van der Waals surface area contributed by atoms with Crippen LogP contribution in [0.4, 0.5) is 10.8 Å². The van der Waals surface area contributed by atoms with Crippen LogP contribution >= 0.6 is 11.3 Å². The van der Waals surface area contributed by atoms with Gasteiger partial charge in [0.05, 0.1) is 15.9 Å². The molecule has 0 saturated carbocycles. The van der Waals surface area contributed by atoms with E-state index < -0.39 is 10.8 Å². The van der Waals surface area contributed by atoms with E-state index in [0.717, 1.165) is 11.3 Å². The number of aromatic nitrogens is 1. The van der Waals surface area contributed by atoms with Crippen molar-refractivity contribution in [2.45, 2.75) is 0 Å². The number of nitrogens with two attached hydrogens (primary N) is 1. The number of nitro benzene ring substituents is 1. The van der Waals surface area contributed by atoms with Crippen LogP contribution in [-0.2, 0) is 4.79 Å². The monoisotopic (exact) mass is 290 g/mol. The van der Waals surface area contributed by atoms with E-state index in [9.17, 15) is 20.0 Å². The molecule has 0 bridgehead atoms. The highest BCUT2D eigenvalue weighted by Gasteiger charge is 2.25. The van der Waals surface area contributed by atoms with Gasteiger partial charge in [-0.2, -0.15) is 4.98 Å². The highest BCUT2D eigenvalue weighted by atomic mass is 32.1. The summed E-state index contributed by atoms with van der Waals surface area (Å²) in [5.41, 5.74) is 5.39. The van der Waals surface area contributed by atoms with Gasteiger partial charge in [0.15, 0.2) is 5.13 Å². The Morgan fingerprint density at radius 3 is 2.75 bits per heavy atom. The first-order valence-electron chi connectivity index (χ1n) is 5.35. The molecule has 2 heterocycles. The number of fused-ring (bicyclic) bond motifs is 1. The second kappa shape index (κ2) is 4.10. The average Bonchev–Trinajstić information content (AvgIpc) is 2.86. The third-order valence-corrected chi connectivity index (χ3v) is 3.64. The third-order valence-electron chi connectivity index (χ3n) is 2.75. The SMILES string of the molecule is Nc1nc(O)c(C2=c3cc([N+](=O)[O-])ccc3=NC2=O)s1. The minimum atomic E-state index is -0.584. The van der Waals surface area contributed by atoms with Crippen molar-refractivity contribution in [2.24, 2.45) is 4.99 Å². The Morgan fingerprint density at radius 1 is 1.40 bits per heavy atom. The van der Waals surface area contributed by atoms with Crippen molar-refractivity contribution in [1.82, 2.24) is 4.98 Å². The summed E-state index contributed by atoms with van der Waals surface area (Å²) in [6.07, 6.45) is 0. The van der Waals surface area contributed by atoms with E-state index in [2.05, 4.69) is 9.98 Å². The van der Waals surface area contributed by atoms with Gasteiger partial charge in [-0.25, -0.2) is 4.99 Å². The number of hydrogen-bond acceptors (Lipinski definition) is 7. The summed E-state index contributed by atoms with van der Waals surface area (Å²) in [6.45, 7) is 0. The van der Waals surface area contributed by atoms with Crippen LogP contribution in [-0.4, -0.2) is 20.9 Å². The first-order valence-corrected chi connectivity index (χ1v) is 6.16. The van der Waals surface area contributed by atoms with Crippen molar-refractivity contribution >= 4 is 33.6 Å². The fourth-order valence-electron chi connectivity index (χ4n) is 1.93. The molecular formula is C11H6N4O4S. The molecule has 0 atom stereocenters. The van der Waals surface area contributed by atoms with Gasteiger partial charge in [0.25, 0.3) is 11.6 Å². The highest BCUT2D eigenvalue weighted by molar-refractivity contribution is 7.17. The Bertz CT molecular complexity index is 886. The van der Waals surface area contributed by atoms with Crippen LogP contribution in [0.3, 0.4) is 0 Å². The summed E-state index contributed by atoms with van der Waals surface area (Å²) in [5, 5.41) is 21.2. The zero-order valence-corrected chi connectivity index (χ0v) is 10.5. The number of non-ortho nitro benzene ring substituents is 1. The summed E-state index contributed by atoms with van der Waals surface area (Å²) >= 11 is 0.922. The van der Waals surface area contributed by atoms with Crippen LogP contribution in [0, 0.1) is 10.1 Å². The molecule has 1 aromatic heterocycles. The normalized spacial score (nSPS) is 13.2. The van der Waals surface area contributed by atoms with Crippen molar-refractivity contribution < 1.29 is 14.8 Å². The van der Waals surface area contributed by atoms with E-state index in [1.54, 1.807) is 0 Å². The number of nitrogen functional groups attached to an aromatic ring is 1. The second-order valence-corrected chi connectivity index (χ2v) is 4.99. The summed E-state index contributed by atoms with van der Waals surface area (Å²) in [4.78, 5) is 29.7. The Balaban J connectivity index is 2.38. The number of carbonyl (C=O) groups excluding carboxylic acids is 1. The van der Waals surface area contributed by atoms with Gasteiger partial charge in [0.1, 0.15) is 4.88 Å². The largest absolute Gasteiger partial charge is 0.492 e. The number of aromatic hydroxyl groups is 1. The van der Waals surface area contributed by atoms with E-state index in [1.165, 1.54) is 18.2 Å². The number of anilines is 1. The molecule has 3 N–H and O–H groups in total. The smallest absolute Gasteiger partial charge is 0.279 e. The standard InChI is InChI=1S/C11H6N4O4S/c12-11-14-10(17)8(20-11)7-5-3-4(15(18)19)1-2-6(5)13-9(7)16/h1-3,17H,(H2,12,14). The van der Waals surface area contributed by atoms with Crippen molar-refractivity contribution in [3.05, 3.63) is 43.8 Å². The van der Waals surface area contributed by atoms with E-state index >= 15 is 0 Å². The number of nitro groups is 1. The second-order valence-electron chi connectivity index (χ2n) is 3.96. The summed E-state index contributed by atoms with van der Waals surface area (Å²) in [5.74, 6) is -0.968. The van der Waals surface area contributed by atoms with Crippen molar-refractivity contribution in [1.29, 1.82) is 0 Å². The van der Waals surface area contributed by atoms with E-state index in [4.69, 9.17) is 5.73 Å². The summed E-state index contributed by atoms with van der Waals surface area (Å²) in [7, 11) is 0. The predicted molar refractivity (Wildman–Crippen MR) is 69.6 cm³/mol. The van der Waals surface area contributed by atoms with Crippen LogP contribution in [0.2, 0.25) is 0 Å². The molecule has 3 rings (SSSR count). The molecule has 0 radical (unpaired) electrons. The molecule has 1 aromatic carbocycles. The quantitative estimate of drug-likeness (QED) is 0.576. The Hall–Kier alpha value is -2.81. The molecule has 1 amide bonds. The van der Waals surface area contributed by atoms with Crippen LogP contribution in [0.5, 0.6) is 5.88 Å². The first-order chi connectivity index (χ1) is 9.47. The highest BCUT2D eigenvalue weighted by Crippen LogP contribution is 2.32. The number of amides is 1. The molecule has 2 aromatic rings. The molecule has 100 valence electrons. The molecule has 0 fully saturated rings. The van der Waals surface area contributed by atoms with Gasteiger partial charge < -0.3 is 10.8 Å². The zero-order chi connectivity index (χ0) is 14.4. The molecule has 0 aliphatic carbocycles. The van der Waals surface area contributed by atoms with Crippen LogP contribution < -0.4 is 16.3 Å². The number of rotatable bonds is 2.